The summed E-state index contributed by atoms with van der Waals surface area (Å²) in [4.78, 5) is 16.5. The third-order valence-electron chi connectivity index (χ3n) is 4.41. The number of nitrogens with zero attached hydrogens (tertiary/aromatic N) is 3. The second-order valence-corrected chi connectivity index (χ2v) is 6.73. The minimum atomic E-state index is -0.524. The van der Waals surface area contributed by atoms with Gasteiger partial charge < -0.3 is 14.5 Å². The van der Waals surface area contributed by atoms with E-state index in [-0.39, 0.29) is 11.5 Å². The molecule has 1 aliphatic rings. The number of carbonyl (C=O) groups is 1. The molecular weight excluding hydrogens is 401 g/mol. The predicted molar refractivity (Wildman–Crippen MR) is 99.9 cm³/mol. The maximum absolute atomic E-state index is 13.8. The van der Waals surface area contributed by atoms with Crippen molar-refractivity contribution in [3.8, 4) is 11.8 Å². The first-order valence-electron chi connectivity index (χ1n) is 8.11. The summed E-state index contributed by atoms with van der Waals surface area (Å²) < 4.78 is 19.7. The van der Waals surface area contributed by atoms with Crippen molar-refractivity contribution in [2.24, 2.45) is 0 Å². The van der Waals surface area contributed by atoms with Crippen LogP contribution in [0.4, 0.5) is 10.1 Å². The van der Waals surface area contributed by atoms with Gasteiger partial charge in [-0.1, -0.05) is 6.07 Å². The molecule has 3 rings (SSSR count). The fourth-order valence-electron chi connectivity index (χ4n) is 3.00. The van der Waals surface area contributed by atoms with E-state index in [0.717, 1.165) is 0 Å². The van der Waals surface area contributed by atoms with Gasteiger partial charge in [-0.05, 0) is 46.3 Å². The van der Waals surface area contributed by atoms with Crippen LogP contribution < -0.4 is 9.64 Å². The van der Waals surface area contributed by atoms with E-state index >= 15 is 0 Å². The lowest BCUT2D eigenvalue weighted by molar-refractivity contribution is 0.0745. The van der Waals surface area contributed by atoms with Gasteiger partial charge in [0.05, 0.1) is 18.4 Å². The molecular formula is C19H17BrFN3O2. The van der Waals surface area contributed by atoms with E-state index in [9.17, 15) is 14.4 Å². The molecule has 2 aromatic rings. The number of nitriles is 1. The lowest BCUT2D eigenvalue weighted by atomic mass is 10.1. The molecule has 7 heteroatoms. The van der Waals surface area contributed by atoms with E-state index in [0.29, 0.717) is 47.7 Å². The van der Waals surface area contributed by atoms with Crippen LogP contribution in [0.3, 0.4) is 0 Å². The Labute approximate surface area is 159 Å². The van der Waals surface area contributed by atoms with Crippen LogP contribution in [0.1, 0.15) is 15.9 Å². The van der Waals surface area contributed by atoms with Gasteiger partial charge in [0.25, 0.3) is 5.91 Å². The van der Waals surface area contributed by atoms with Crippen molar-refractivity contribution in [3.05, 3.63) is 57.8 Å². The Bertz CT molecular complexity index is 874. The molecule has 26 heavy (non-hydrogen) atoms. The Balaban J connectivity index is 1.74. The third kappa shape index (κ3) is 3.51. The Morgan fingerprint density at radius 2 is 1.96 bits per heavy atom. The predicted octanol–water partition coefficient (Wildman–Crippen LogP) is 3.43. The van der Waals surface area contributed by atoms with Gasteiger partial charge in [0.1, 0.15) is 23.2 Å². The number of amides is 1. The van der Waals surface area contributed by atoms with Gasteiger partial charge in [-0.25, -0.2) is 4.39 Å². The van der Waals surface area contributed by atoms with E-state index in [2.05, 4.69) is 15.9 Å². The fourth-order valence-corrected chi connectivity index (χ4v) is 3.42. The van der Waals surface area contributed by atoms with Crippen molar-refractivity contribution < 1.29 is 13.9 Å². The third-order valence-corrected chi connectivity index (χ3v) is 5.11. The highest BCUT2D eigenvalue weighted by molar-refractivity contribution is 9.10. The molecule has 134 valence electrons. The number of hydrogen-bond donors (Lipinski definition) is 0. The zero-order valence-corrected chi connectivity index (χ0v) is 15.8. The van der Waals surface area contributed by atoms with Crippen molar-refractivity contribution in [3.63, 3.8) is 0 Å². The van der Waals surface area contributed by atoms with Crippen molar-refractivity contribution >= 4 is 27.5 Å². The maximum atomic E-state index is 13.8. The van der Waals surface area contributed by atoms with Crippen molar-refractivity contribution in [1.29, 1.82) is 5.26 Å². The van der Waals surface area contributed by atoms with Gasteiger partial charge in [-0.15, -0.1) is 0 Å². The first kappa shape index (κ1) is 18.2. The van der Waals surface area contributed by atoms with Crippen molar-refractivity contribution in [2.45, 2.75) is 0 Å². The Morgan fingerprint density at radius 3 is 2.62 bits per heavy atom. The molecule has 1 heterocycles. The van der Waals surface area contributed by atoms with Crippen LogP contribution in [0.15, 0.2) is 40.9 Å². The summed E-state index contributed by atoms with van der Waals surface area (Å²) in [7, 11) is 1.56. The minimum Gasteiger partial charge on any atom is -0.497 e. The Hall–Kier alpha value is -2.59. The number of carbonyl (C=O) groups excluding carboxylic acids is 1. The molecule has 0 unspecified atom stereocenters. The number of methoxy groups -OCH3 is 1. The van der Waals surface area contributed by atoms with Crippen LogP contribution in [0, 0.1) is 17.1 Å². The number of hydrogen-bond acceptors (Lipinski definition) is 4. The highest BCUT2D eigenvalue weighted by Crippen LogP contribution is 2.26. The van der Waals surface area contributed by atoms with Gasteiger partial charge in [0.15, 0.2) is 0 Å². The zero-order valence-electron chi connectivity index (χ0n) is 14.2. The van der Waals surface area contributed by atoms with Crippen molar-refractivity contribution in [1.82, 2.24) is 4.90 Å². The van der Waals surface area contributed by atoms with E-state index in [1.807, 2.05) is 11.0 Å². The lowest BCUT2D eigenvalue weighted by Gasteiger charge is -2.36. The molecule has 0 N–H and O–H groups in total. The van der Waals surface area contributed by atoms with Gasteiger partial charge in [0, 0.05) is 30.7 Å². The van der Waals surface area contributed by atoms with E-state index in [4.69, 9.17) is 4.74 Å². The van der Waals surface area contributed by atoms with E-state index in [1.165, 1.54) is 6.07 Å². The number of piperazine rings is 1. The van der Waals surface area contributed by atoms with Crippen molar-refractivity contribution in [2.75, 3.05) is 38.2 Å². The number of rotatable bonds is 3. The maximum Gasteiger partial charge on any atom is 0.255 e. The number of ether oxygens (including phenoxy) is 1. The normalized spacial score (nSPS) is 14.1. The van der Waals surface area contributed by atoms with E-state index < -0.39 is 5.82 Å². The first-order valence-corrected chi connectivity index (χ1v) is 8.91. The summed E-state index contributed by atoms with van der Waals surface area (Å²) in [5, 5.41) is 9.20. The molecule has 1 saturated heterocycles. The summed E-state index contributed by atoms with van der Waals surface area (Å²) in [6.45, 7) is 2.05. The summed E-state index contributed by atoms with van der Waals surface area (Å²) >= 11 is 3.41. The molecule has 0 saturated carbocycles. The number of halogens is 2. The molecule has 1 aliphatic heterocycles. The largest absolute Gasteiger partial charge is 0.497 e. The molecule has 1 fully saturated rings. The first-order chi connectivity index (χ1) is 12.5. The quantitative estimate of drug-likeness (QED) is 0.767. The van der Waals surface area contributed by atoms with Crippen LogP contribution in [0.2, 0.25) is 0 Å². The van der Waals surface area contributed by atoms with Gasteiger partial charge in [-0.3, -0.25) is 4.79 Å². The van der Waals surface area contributed by atoms with Crippen LogP contribution in [-0.2, 0) is 0 Å². The lowest BCUT2D eigenvalue weighted by Crippen LogP contribution is -2.49. The second kappa shape index (κ2) is 7.75. The highest BCUT2D eigenvalue weighted by Gasteiger charge is 2.25. The van der Waals surface area contributed by atoms with Crippen LogP contribution in [0.25, 0.3) is 0 Å². The van der Waals surface area contributed by atoms with Crippen LogP contribution >= 0.6 is 15.9 Å². The number of anilines is 1. The molecule has 1 amide bonds. The molecule has 0 radical (unpaired) electrons. The number of benzene rings is 2. The highest BCUT2D eigenvalue weighted by atomic mass is 79.9. The molecule has 5 nitrogen and oxygen atoms in total. The van der Waals surface area contributed by atoms with Crippen LogP contribution in [0.5, 0.6) is 5.75 Å². The van der Waals surface area contributed by atoms with Gasteiger partial charge in [0.2, 0.25) is 0 Å². The SMILES string of the molecule is COc1ccc(Br)c(C(=O)N2CCN(c3cccc(F)c3C#N)CC2)c1. The average Bonchev–Trinajstić information content (AvgIpc) is 2.68. The monoisotopic (exact) mass is 417 g/mol. The molecule has 0 spiro atoms. The summed E-state index contributed by atoms with van der Waals surface area (Å²) in [6.07, 6.45) is 0. The molecule has 2 aromatic carbocycles. The van der Waals surface area contributed by atoms with Crippen LogP contribution in [-0.4, -0.2) is 44.1 Å². The Kier molecular flexibility index (Phi) is 5.43. The molecule has 0 bridgehead atoms. The molecule has 0 atom stereocenters. The summed E-state index contributed by atoms with van der Waals surface area (Å²) in [5.74, 6) is 0.00704. The summed E-state index contributed by atoms with van der Waals surface area (Å²) in [6, 6.07) is 11.8. The smallest absolute Gasteiger partial charge is 0.255 e. The van der Waals surface area contributed by atoms with Gasteiger partial charge in [-0.2, -0.15) is 5.26 Å². The fraction of sp³-hybridized carbons (Fsp3) is 0.263. The Morgan fingerprint density at radius 1 is 1.23 bits per heavy atom. The molecule has 0 aromatic heterocycles. The average molecular weight is 418 g/mol. The topological polar surface area (TPSA) is 56.6 Å². The van der Waals surface area contributed by atoms with E-state index in [1.54, 1.807) is 42.3 Å². The minimum absolute atomic E-state index is 0.0443. The molecule has 0 aliphatic carbocycles. The van der Waals surface area contributed by atoms with Gasteiger partial charge >= 0.3 is 0 Å². The standard InChI is InChI=1S/C19H17BrFN3O2/c1-26-13-5-6-16(20)14(11-13)19(25)24-9-7-23(8-10-24)18-4-2-3-17(21)15(18)12-22/h2-6,11H,7-10H2,1H3. The summed E-state index contributed by atoms with van der Waals surface area (Å²) in [5.41, 5.74) is 1.16. The second-order valence-electron chi connectivity index (χ2n) is 5.87. The zero-order chi connectivity index (χ0) is 18.7.